The summed E-state index contributed by atoms with van der Waals surface area (Å²) in [7, 11) is 0. The number of anilines is 1. The fourth-order valence-electron chi connectivity index (χ4n) is 1.28. The first-order valence-electron chi connectivity index (χ1n) is 5.03. The highest BCUT2D eigenvalue weighted by molar-refractivity contribution is 9.10. The van der Waals surface area contributed by atoms with Gasteiger partial charge in [-0.15, -0.1) is 0 Å². The number of hydrogen-bond acceptors (Lipinski definition) is 5. The van der Waals surface area contributed by atoms with Gasteiger partial charge in [0, 0.05) is 4.47 Å². The van der Waals surface area contributed by atoms with Gasteiger partial charge in [-0.05, 0) is 30.7 Å². The van der Waals surface area contributed by atoms with Crippen molar-refractivity contribution in [2.45, 2.75) is 6.92 Å². The van der Waals surface area contributed by atoms with Crippen molar-refractivity contribution in [1.29, 1.82) is 0 Å². The van der Waals surface area contributed by atoms with Crippen LogP contribution < -0.4 is 16.0 Å². The molecule has 0 unspecified atom stereocenters. The highest BCUT2D eigenvalue weighted by atomic mass is 79.9. The molecule has 1 heterocycles. The summed E-state index contributed by atoms with van der Waals surface area (Å²) in [4.78, 5) is 7.89. The molecule has 3 N–H and O–H groups in total. The number of halogens is 2. The number of rotatable bonds is 3. The summed E-state index contributed by atoms with van der Waals surface area (Å²) in [6, 6.07) is 5.57. The summed E-state index contributed by atoms with van der Waals surface area (Å²) in [5.74, 6) is 6.35. The zero-order valence-electron chi connectivity index (χ0n) is 9.45. The van der Waals surface area contributed by atoms with Gasteiger partial charge < -0.3 is 4.74 Å². The van der Waals surface area contributed by atoms with Gasteiger partial charge in [-0.2, -0.15) is 4.98 Å². The number of nitrogens with zero attached hydrogens (tertiary/aromatic N) is 2. The van der Waals surface area contributed by atoms with E-state index in [1.54, 1.807) is 0 Å². The van der Waals surface area contributed by atoms with E-state index in [1.165, 1.54) is 6.20 Å². The number of aromatic nitrogens is 2. The number of hydrazine groups is 1. The molecular weight excluding hydrogens is 320 g/mol. The molecule has 5 nitrogen and oxygen atoms in total. The maximum absolute atomic E-state index is 5.95. The van der Waals surface area contributed by atoms with Gasteiger partial charge in [-0.3, -0.25) is 5.43 Å². The van der Waals surface area contributed by atoms with Gasteiger partial charge in [0.1, 0.15) is 10.8 Å². The topological polar surface area (TPSA) is 73.1 Å². The SMILES string of the molecule is Cc1cc(Oc2nc(NN)ncc2Cl)ccc1Br. The van der Waals surface area contributed by atoms with E-state index < -0.39 is 0 Å². The first-order chi connectivity index (χ1) is 8.60. The summed E-state index contributed by atoms with van der Waals surface area (Å²) in [5.41, 5.74) is 3.38. The van der Waals surface area contributed by atoms with Crippen molar-refractivity contribution in [2.75, 3.05) is 5.43 Å². The Kier molecular flexibility index (Phi) is 4.00. The molecule has 0 saturated heterocycles. The number of nitrogen functional groups attached to an aromatic ring is 1. The second-order valence-corrected chi connectivity index (χ2v) is 4.77. The molecule has 0 bridgehead atoms. The lowest BCUT2D eigenvalue weighted by molar-refractivity contribution is 0.462. The zero-order chi connectivity index (χ0) is 13.1. The fraction of sp³-hybridized carbons (Fsp3) is 0.0909. The molecule has 1 aromatic heterocycles. The standard InChI is InChI=1S/C11H10BrClN4O/c1-6-4-7(2-3-8(6)12)18-10-9(13)5-15-11(16-10)17-14/h2-5H,14H2,1H3,(H,15,16,17). The monoisotopic (exact) mass is 328 g/mol. The van der Waals surface area contributed by atoms with Gasteiger partial charge in [0.05, 0.1) is 6.20 Å². The predicted molar refractivity (Wildman–Crippen MR) is 73.8 cm³/mol. The van der Waals surface area contributed by atoms with Crippen LogP contribution in [0.2, 0.25) is 5.02 Å². The second kappa shape index (κ2) is 5.51. The maximum Gasteiger partial charge on any atom is 0.243 e. The van der Waals surface area contributed by atoms with Crippen molar-refractivity contribution in [3.63, 3.8) is 0 Å². The number of nitrogens with one attached hydrogen (secondary N) is 1. The van der Waals surface area contributed by atoms with Gasteiger partial charge in [0.25, 0.3) is 0 Å². The molecule has 0 aliphatic carbocycles. The molecule has 94 valence electrons. The van der Waals surface area contributed by atoms with Crippen LogP contribution >= 0.6 is 27.5 Å². The van der Waals surface area contributed by atoms with Crippen LogP contribution in [-0.4, -0.2) is 9.97 Å². The summed E-state index contributed by atoms with van der Waals surface area (Å²) in [5, 5.41) is 0.314. The predicted octanol–water partition coefficient (Wildman–Crippen LogP) is 3.28. The summed E-state index contributed by atoms with van der Waals surface area (Å²) in [6.45, 7) is 1.96. The summed E-state index contributed by atoms with van der Waals surface area (Å²) < 4.78 is 6.60. The van der Waals surface area contributed by atoms with Gasteiger partial charge in [-0.1, -0.05) is 27.5 Å². The van der Waals surface area contributed by atoms with E-state index in [9.17, 15) is 0 Å². The van der Waals surface area contributed by atoms with E-state index >= 15 is 0 Å². The molecular formula is C11H10BrClN4O. The first kappa shape index (κ1) is 13.1. The van der Waals surface area contributed by atoms with E-state index in [0.717, 1.165) is 10.0 Å². The lowest BCUT2D eigenvalue weighted by atomic mass is 10.2. The molecule has 0 saturated carbocycles. The normalized spacial score (nSPS) is 10.2. The molecule has 0 atom stereocenters. The van der Waals surface area contributed by atoms with Gasteiger partial charge >= 0.3 is 0 Å². The maximum atomic E-state index is 5.95. The van der Waals surface area contributed by atoms with Crippen LogP contribution in [0.1, 0.15) is 5.56 Å². The van der Waals surface area contributed by atoms with E-state index in [2.05, 4.69) is 31.3 Å². The third kappa shape index (κ3) is 2.90. The van der Waals surface area contributed by atoms with Crippen LogP contribution in [0.25, 0.3) is 0 Å². The molecule has 0 aliphatic rings. The first-order valence-corrected chi connectivity index (χ1v) is 6.20. The zero-order valence-corrected chi connectivity index (χ0v) is 11.8. The van der Waals surface area contributed by atoms with Crippen molar-refractivity contribution in [3.05, 3.63) is 39.5 Å². The molecule has 0 radical (unpaired) electrons. The highest BCUT2D eigenvalue weighted by Crippen LogP contribution is 2.29. The number of hydrogen-bond donors (Lipinski definition) is 2. The Morgan fingerprint density at radius 1 is 1.44 bits per heavy atom. The van der Waals surface area contributed by atoms with E-state index in [0.29, 0.717) is 10.8 Å². The Morgan fingerprint density at radius 2 is 2.22 bits per heavy atom. The van der Waals surface area contributed by atoms with Gasteiger partial charge in [0.2, 0.25) is 11.8 Å². The average molecular weight is 330 g/mol. The number of aryl methyl sites for hydroxylation is 1. The molecule has 0 amide bonds. The number of ether oxygens (including phenoxy) is 1. The summed E-state index contributed by atoms with van der Waals surface area (Å²) >= 11 is 9.36. The lowest BCUT2D eigenvalue weighted by Gasteiger charge is -2.08. The summed E-state index contributed by atoms with van der Waals surface area (Å²) in [6.07, 6.45) is 1.42. The lowest BCUT2D eigenvalue weighted by Crippen LogP contribution is -2.10. The third-order valence-electron chi connectivity index (χ3n) is 2.18. The van der Waals surface area contributed by atoms with Crippen molar-refractivity contribution < 1.29 is 4.74 Å². The molecule has 1 aromatic carbocycles. The number of nitrogens with two attached hydrogens (primary N) is 1. The minimum atomic E-state index is 0.239. The molecule has 0 aliphatic heterocycles. The minimum Gasteiger partial charge on any atom is -0.437 e. The van der Waals surface area contributed by atoms with Crippen molar-refractivity contribution in [1.82, 2.24) is 9.97 Å². The Bertz CT molecular complexity index is 579. The van der Waals surface area contributed by atoms with Gasteiger partial charge in [0.15, 0.2) is 0 Å². The van der Waals surface area contributed by atoms with Crippen molar-refractivity contribution >= 4 is 33.5 Å². The second-order valence-electron chi connectivity index (χ2n) is 3.50. The third-order valence-corrected chi connectivity index (χ3v) is 3.33. The van der Waals surface area contributed by atoms with E-state index in [1.807, 2.05) is 25.1 Å². The molecule has 0 fully saturated rings. The van der Waals surface area contributed by atoms with Crippen LogP contribution in [0.15, 0.2) is 28.9 Å². The highest BCUT2D eigenvalue weighted by Gasteiger charge is 2.08. The quantitative estimate of drug-likeness (QED) is 0.668. The van der Waals surface area contributed by atoms with Crippen molar-refractivity contribution in [2.24, 2.45) is 5.84 Å². The fourth-order valence-corrected chi connectivity index (χ4v) is 1.66. The molecule has 0 spiro atoms. The van der Waals surface area contributed by atoms with Gasteiger partial charge in [-0.25, -0.2) is 10.8 Å². The smallest absolute Gasteiger partial charge is 0.243 e. The Labute approximate surface area is 117 Å². The van der Waals surface area contributed by atoms with Crippen LogP contribution in [0.4, 0.5) is 5.95 Å². The number of benzene rings is 1. The Morgan fingerprint density at radius 3 is 2.89 bits per heavy atom. The Hall–Kier alpha value is -1.37. The minimum absolute atomic E-state index is 0.239. The Balaban J connectivity index is 2.30. The van der Waals surface area contributed by atoms with Crippen LogP contribution in [0, 0.1) is 6.92 Å². The molecule has 2 aromatic rings. The van der Waals surface area contributed by atoms with E-state index in [4.69, 9.17) is 22.2 Å². The average Bonchev–Trinajstić information content (AvgIpc) is 2.36. The van der Waals surface area contributed by atoms with Crippen LogP contribution in [0.3, 0.4) is 0 Å². The molecule has 7 heteroatoms. The van der Waals surface area contributed by atoms with Crippen LogP contribution in [-0.2, 0) is 0 Å². The van der Waals surface area contributed by atoms with Crippen molar-refractivity contribution in [3.8, 4) is 11.6 Å². The van der Waals surface area contributed by atoms with Crippen LogP contribution in [0.5, 0.6) is 11.6 Å². The largest absolute Gasteiger partial charge is 0.437 e. The van der Waals surface area contributed by atoms with E-state index in [-0.39, 0.29) is 11.8 Å². The molecule has 2 rings (SSSR count). The molecule has 18 heavy (non-hydrogen) atoms.